The fraction of sp³-hybridized carbons (Fsp3) is 0.200. The lowest BCUT2D eigenvalue weighted by Gasteiger charge is -2.19. The number of likely N-dealkylation sites (N-methyl/N-ethyl adjacent to an activating group) is 1. The minimum Gasteiger partial charge on any atom is -0.313 e. The highest BCUT2D eigenvalue weighted by Crippen LogP contribution is 2.29. The minimum absolute atomic E-state index is 0.180. The third kappa shape index (κ3) is 4.10. The zero-order valence-corrected chi connectivity index (χ0v) is 16.0. The molecular weight excluding hydrogens is 472 g/mol. The fourth-order valence-electron chi connectivity index (χ4n) is 2.06. The molecule has 20 heavy (non-hydrogen) atoms. The summed E-state index contributed by atoms with van der Waals surface area (Å²) >= 11 is 18.2. The Kier molecular flexibility index (Phi) is 6.17. The lowest BCUT2D eigenvalue weighted by Crippen LogP contribution is -2.20. The van der Waals surface area contributed by atoms with Crippen LogP contribution in [0.3, 0.4) is 0 Å². The predicted octanol–water partition coefficient (Wildman–Crippen LogP) is 5.86. The Morgan fingerprint density at radius 2 is 1.95 bits per heavy atom. The zero-order valence-electron chi connectivity index (χ0n) is 10.8. The van der Waals surface area contributed by atoms with Crippen molar-refractivity contribution in [2.45, 2.75) is 12.5 Å². The zero-order chi connectivity index (χ0) is 14.7. The van der Waals surface area contributed by atoms with Gasteiger partial charge in [0.1, 0.15) is 0 Å². The number of rotatable bonds is 4. The molecule has 1 nitrogen and oxygen atoms in total. The van der Waals surface area contributed by atoms with E-state index < -0.39 is 0 Å². The van der Waals surface area contributed by atoms with Gasteiger partial charge in [-0.1, -0.05) is 45.2 Å². The molecule has 1 N–H and O–H groups in total. The highest BCUT2D eigenvalue weighted by atomic mass is 127. The van der Waals surface area contributed by atoms with Gasteiger partial charge < -0.3 is 5.32 Å². The lowest BCUT2D eigenvalue weighted by molar-refractivity contribution is 0.589. The van der Waals surface area contributed by atoms with Gasteiger partial charge in [-0.3, -0.25) is 0 Å². The molecule has 0 aliphatic heterocycles. The van der Waals surface area contributed by atoms with Crippen molar-refractivity contribution in [1.29, 1.82) is 0 Å². The molecule has 0 fully saturated rings. The highest BCUT2D eigenvalue weighted by molar-refractivity contribution is 14.1. The van der Waals surface area contributed by atoms with Crippen LogP contribution in [0.1, 0.15) is 17.2 Å². The topological polar surface area (TPSA) is 12.0 Å². The van der Waals surface area contributed by atoms with Crippen LogP contribution in [0.15, 0.2) is 40.9 Å². The second kappa shape index (κ2) is 7.45. The molecule has 0 aromatic heterocycles. The molecule has 0 spiro atoms. The van der Waals surface area contributed by atoms with Crippen molar-refractivity contribution in [3.63, 3.8) is 0 Å². The molecule has 5 heteroatoms. The number of hydrogen-bond acceptors (Lipinski definition) is 1. The van der Waals surface area contributed by atoms with E-state index in [0.717, 1.165) is 26.5 Å². The standard InChI is InChI=1S/C15H13BrCl2IN/c1-20-15(12-8-11(17)4-5-14(12)19)6-9-2-3-10(16)7-13(9)18/h2-5,7-8,15,20H,6H2,1H3. The molecule has 2 rings (SSSR count). The van der Waals surface area contributed by atoms with Crippen LogP contribution in [-0.4, -0.2) is 7.05 Å². The second-order valence-corrected chi connectivity index (χ2v) is 7.37. The summed E-state index contributed by atoms with van der Waals surface area (Å²) in [4.78, 5) is 0. The van der Waals surface area contributed by atoms with Crippen LogP contribution in [0.5, 0.6) is 0 Å². The maximum Gasteiger partial charge on any atom is 0.0449 e. The first kappa shape index (κ1) is 16.6. The van der Waals surface area contributed by atoms with Crippen LogP contribution in [0.4, 0.5) is 0 Å². The van der Waals surface area contributed by atoms with E-state index in [0.29, 0.717) is 0 Å². The molecule has 106 valence electrons. The van der Waals surface area contributed by atoms with Gasteiger partial charge in [0.05, 0.1) is 0 Å². The summed E-state index contributed by atoms with van der Waals surface area (Å²) in [5.41, 5.74) is 2.31. The van der Waals surface area contributed by atoms with Gasteiger partial charge >= 0.3 is 0 Å². The number of benzene rings is 2. The quantitative estimate of drug-likeness (QED) is 0.536. The first-order chi connectivity index (χ1) is 9.51. The summed E-state index contributed by atoms with van der Waals surface area (Å²) in [6.45, 7) is 0. The summed E-state index contributed by atoms with van der Waals surface area (Å²) < 4.78 is 2.18. The van der Waals surface area contributed by atoms with Crippen molar-refractivity contribution < 1.29 is 0 Å². The average molecular weight is 485 g/mol. The smallest absolute Gasteiger partial charge is 0.0449 e. The summed E-state index contributed by atoms with van der Waals surface area (Å²) in [5, 5.41) is 4.87. The molecule has 2 aromatic rings. The first-order valence-corrected chi connectivity index (χ1v) is 8.70. The van der Waals surface area contributed by atoms with Gasteiger partial charge in [0.25, 0.3) is 0 Å². The molecule has 0 amide bonds. The summed E-state index contributed by atoms with van der Waals surface area (Å²) in [6, 6.07) is 12.1. The fourth-order valence-corrected chi connectivity index (χ4v) is 3.70. The number of nitrogens with one attached hydrogen (secondary N) is 1. The van der Waals surface area contributed by atoms with Crippen LogP contribution in [0.2, 0.25) is 10.0 Å². The predicted molar refractivity (Wildman–Crippen MR) is 98.8 cm³/mol. The van der Waals surface area contributed by atoms with Gasteiger partial charge in [-0.25, -0.2) is 0 Å². The monoisotopic (exact) mass is 483 g/mol. The Balaban J connectivity index is 2.31. The largest absolute Gasteiger partial charge is 0.313 e. The molecule has 0 saturated carbocycles. The van der Waals surface area contributed by atoms with E-state index in [-0.39, 0.29) is 6.04 Å². The van der Waals surface area contributed by atoms with Gasteiger partial charge in [-0.15, -0.1) is 0 Å². The molecule has 1 atom stereocenters. The summed E-state index contributed by atoms with van der Waals surface area (Å²) in [7, 11) is 1.95. The van der Waals surface area contributed by atoms with Gasteiger partial charge in [0.2, 0.25) is 0 Å². The molecule has 2 aromatic carbocycles. The summed E-state index contributed by atoms with van der Waals surface area (Å²) in [6.07, 6.45) is 0.818. The normalized spacial score (nSPS) is 12.4. The van der Waals surface area contributed by atoms with Gasteiger partial charge in [0, 0.05) is 24.1 Å². The minimum atomic E-state index is 0.180. The average Bonchev–Trinajstić information content (AvgIpc) is 2.41. The molecule has 0 aliphatic carbocycles. The van der Waals surface area contributed by atoms with E-state index in [2.05, 4.69) is 43.8 Å². The third-order valence-corrected chi connectivity index (χ3v) is 5.18. The van der Waals surface area contributed by atoms with Crippen LogP contribution in [0.25, 0.3) is 0 Å². The van der Waals surface area contributed by atoms with Gasteiger partial charge in [0.15, 0.2) is 0 Å². The highest BCUT2D eigenvalue weighted by Gasteiger charge is 2.15. The second-order valence-electron chi connectivity index (χ2n) is 4.45. The van der Waals surface area contributed by atoms with Crippen LogP contribution < -0.4 is 5.32 Å². The van der Waals surface area contributed by atoms with E-state index in [9.17, 15) is 0 Å². The number of hydrogen-bond donors (Lipinski definition) is 1. The van der Waals surface area contributed by atoms with Crippen LogP contribution in [-0.2, 0) is 6.42 Å². The molecule has 0 heterocycles. The maximum atomic E-state index is 6.30. The van der Waals surface area contributed by atoms with E-state index in [1.807, 2.05) is 43.4 Å². The van der Waals surface area contributed by atoms with Gasteiger partial charge in [-0.2, -0.15) is 0 Å². The van der Waals surface area contributed by atoms with Crippen LogP contribution >= 0.6 is 61.7 Å². The van der Waals surface area contributed by atoms with E-state index in [4.69, 9.17) is 23.2 Å². The molecule has 0 radical (unpaired) electrons. The van der Waals surface area contributed by atoms with Crippen molar-refractivity contribution in [3.05, 3.63) is 65.6 Å². The molecule has 0 aliphatic rings. The van der Waals surface area contributed by atoms with Crippen molar-refractivity contribution in [2.75, 3.05) is 7.05 Å². The van der Waals surface area contributed by atoms with Crippen LogP contribution in [0, 0.1) is 3.57 Å². The van der Waals surface area contributed by atoms with E-state index in [1.165, 1.54) is 9.13 Å². The van der Waals surface area contributed by atoms with Crippen molar-refractivity contribution in [1.82, 2.24) is 5.32 Å². The van der Waals surface area contributed by atoms with Crippen molar-refractivity contribution in [2.24, 2.45) is 0 Å². The van der Waals surface area contributed by atoms with E-state index >= 15 is 0 Å². The van der Waals surface area contributed by atoms with Crippen molar-refractivity contribution in [3.8, 4) is 0 Å². The first-order valence-electron chi connectivity index (χ1n) is 6.07. The number of halogens is 4. The molecule has 0 saturated heterocycles. The maximum absolute atomic E-state index is 6.30. The van der Waals surface area contributed by atoms with E-state index in [1.54, 1.807) is 0 Å². The third-order valence-electron chi connectivity index (χ3n) is 3.12. The molecule has 0 bridgehead atoms. The van der Waals surface area contributed by atoms with Crippen molar-refractivity contribution >= 4 is 61.7 Å². The Hall–Kier alpha value is 0.190. The lowest BCUT2D eigenvalue weighted by atomic mass is 9.99. The Morgan fingerprint density at radius 3 is 2.60 bits per heavy atom. The summed E-state index contributed by atoms with van der Waals surface area (Å²) in [5.74, 6) is 0. The Morgan fingerprint density at radius 1 is 1.20 bits per heavy atom. The SMILES string of the molecule is CNC(Cc1ccc(Br)cc1Cl)c1cc(Cl)ccc1I. The Labute approximate surface area is 151 Å². The van der Waals surface area contributed by atoms with Gasteiger partial charge in [-0.05, 0) is 77.5 Å². The Bertz CT molecular complexity index is 619. The molecule has 1 unspecified atom stereocenters. The molecular formula is C15H13BrCl2IN.